The molecule has 1 aliphatic carbocycles. The highest BCUT2D eigenvalue weighted by Crippen LogP contribution is 2.40. The lowest BCUT2D eigenvalue weighted by Gasteiger charge is -2.07. The van der Waals surface area contributed by atoms with Gasteiger partial charge in [0.15, 0.2) is 0 Å². The van der Waals surface area contributed by atoms with Crippen LogP contribution in [-0.2, 0) is 6.42 Å². The summed E-state index contributed by atoms with van der Waals surface area (Å²) in [6.45, 7) is 4.16. The fourth-order valence-electron chi connectivity index (χ4n) is 2.35. The van der Waals surface area contributed by atoms with E-state index in [-0.39, 0.29) is 6.04 Å². The number of benzene rings is 1. The fraction of sp³-hybridized carbons (Fsp3) is 0.143. The zero-order valence-corrected chi connectivity index (χ0v) is 10.0. The van der Waals surface area contributed by atoms with E-state index in [1.165, 1.54) is 0 Å². The van der Waals surface area contributed by atoms with Crippen molar-refractivity contribution in [3.8, 4) is 0 Å². The summed E-state index contributed by atoms with van der Waals surface area (Å²) >= 11 is 1.59. The monoisotopic (exact) mass is 241 g/mol. The molecule has 0 bridgehead atoms. The molecule has 1 aromatic heterocycles. The van der Waals surface area contributed by atoms with Gasteiger partial charge in [-0.25, -0.2) is 0 Å². The van der Waals surface area contributed by atoms with E-state index < -0.39 is 0 Å². The SMILES string of the molecule is C=C1c2ccccc2CC(N=O)c2sccc21. The normalized spacial score (nSPS) is 18.1. The molecule has 0 N–H and O–H groups in total. The smallest absolute Gasteiger partial charge is 0.131 e. The quantitative estimate of drug-likeness (QED) is 0.689. The average Bonchev–Trinajstić information content (AvgIpc) is 2.81. The molecule has 1 aliphatic rings. The van der Waals surface area contributed by atoms with Crippen LogP contribution >= 0.6 is 11.3 Å². The molecule has 84 valence electrons. The van der Waals surface area contributed by atoms with Crippen LogP contribution in [0.15, 0.2) is 47.5 Å². The van der Waals surface area contributed by atoms with Gasteiger partial charge in [0.1, 0.15) is 6.04 Å². The second-order valence-electron chi connectivity index (χ2n) is 4.16. The van der Waals surface area contributed by atoms with Gasteiger partial charge in [-0.3, -0.25) is 0 Å². The van der Waals surface area contributed by atoms with Crippen LogP contribution in [0.2, 0.25) is 0 Å². The Morgan fingerprint density at radius 2 is 2.06 bits per heavy atom. The first-order valence-electron chi connectivity index (χ1n) is 5.48. The molecule has 1 heterocycles. The van der Waals surface area contributed by atoms with Gasteiger partial charge in [0.25, 0.3) is 0 Å². The first-order valence-corrected chi connectivity index (χ1v) is 6.36. The molecular formula is C14H11NOS. The topological polar surface area (TPSA) is 29.4 Å². The summed E-state index contributed by atoms with van der Waals surface area (Å²) < 4.78 is 0. The molecule has 0 fully saturated rings. The lowest BCUT2D eigenvalue weighted by molar-refractivity contribution is 0.734. The molecule has 0 saturated heterocycles. The molecule has 0 radical (unpaired) electrons. The van der Waals surface area contributed by atoms with Crippen molar-refractivity contribution in [2.45, 2.75) is 12.5 Å². The van der Waals surface area contributed by atoms with E-state index in [0.717, 1.165) is 27.1 Å². The minimum atomic E-state index is -0.273. The van der Waals surface area contributed by atoms with Gasteiger partial charge in [0, 0.05) is 11.3 Å². The summed E-state index contributed by atoms with van der Waals surface area (Å²) in [7, 11) is 0. The van der Waals surface area contributed by atoms with Gasteiger partial charge in [-0.2, -0.15) is 4.91 Å². The third kappa shape index (κ3) is 1.54. The van der Waals surface area contributed by atoms with E-state index in [4.69, 9.17) is 0 Å². The van der Waals surface area contributed by atoms with E-state index in [2.05, 4.69) is 23.9 Å². The Hall–Kier alpha value is -1.74. The van der Waals surface area contributed by atoms with Crippen molar-refractivity contribution in [1.82, 2.24) is 0 Å². The minimum absolute atomic E-state index is 0.273. The molecule has 2 nitrogen and oxygen atoms in total. The van der Waals surface area contributed by atoms with Crippen LogP contribution in [0.25, 0.3) is 5.57 Å². The second-order valence-corrected chi connectivity index (χ2v) is 5.11. The molecule has 3 heteroatoms. The molecule has 0 spiro atoms. The number of rotatable bonds is 1. The third-order valence-corrected chi connectivity index (χ3v) is 4.22. The summed E-state index contributed by atoms with van der Waals surface area (Å²) in [5, 5.41) is 5.28. The Balaban J connectivity index is 2.25. The molecule has 1 unspecified atom stereocenters. The highest BCUT2D eigenvalue weighted by Gasteiger charge is 2.25. The predicted molar refractivity (Wildman–Crippen MR) is 71.1 cm³/mol. The predicted octanol–water partition coefficient (Wildman–Crippen LogP) is 4.17. The number of thiophene rings is 1. The van der Waals surface area contributed by atoms with Gasteiger partial charge in [-0.1, -0.05) is 36.0 Å². The average molecular weight is 241 g/mol. The van der Waals surface area contributed by atoms with E-state index in [9.17, 15) is 4.91 Å². The van der Waals surface area contributed by atoms with Crippen molar-refractivity contribution in [3.05, 3.63) is 68.8 Å². The maximum absolute atomic E-state index is 11.0. The molecule has 0 amide bonds. The Morgan fingerprint density at radius 1 is 1.24 bits per heavy atom. The number of hydrogen-bond acceptors (Lipinski definition) is 3. The van der Waals surface area contributed by atoms with Crippen molar-refractivity contribution in [1.29, 1.82) is 0 Å². The van der Waals surface area contributed by atoms with Crippen LogP contribution in [0.3, 0.4) is 0 Å². The van der Waals surface area contributed by atoms with Gasteiger partial charge >= 0.3 is 0 Å². The molecule has 0 aliphatic heterocycles. The van der Waals surface area contributed by atoms with Crippen molar-refractivity contribution in [2.75, 3.05) is 0 Å². The first-order chi connectivity index (χ1) is 8.31. The lowest BCUT2D eigenvalue weighted by atomic mass is 9.98. The highest BCUT2D eigenvalue weighted by atomic mass is 32.1. The zero-order chi connectivity index (χ0) is 11.8. The Labute approximate surface area is 104 Å². The van der Waals surface area contributed by atoms with E-state index in [1.54, 1.807) is 11.3 Å². The molecule has 17 heavy (non-hydrogen) atoms. The van der Waals surface area contributed by atoms with Crippen molar-refractivity contribution in [3.63, 3.8) is 0 Å². The minimum Gasteiger partial charge on any atom is -0.150 e. The number of fused-ring (bicyclic) bond motifs is 2. The summed E-state index contributed by atoms with van der Waals surface area (Å²) in [6, 6.07) is 9.87. The van der Waals surface area contributed by atoms with Crippen LogP contribution in [-0.4, -0.2) is 0 Å². The maximum atomic E-state index is 11.0. The Kier molecular flexibility index (Phi) is 2.41. The number of hydrogen-bond donors (Lipinski definition) is 0. The van der Waals surface area contributed by atoms with Gasteiger partial charge in [-0.15, -0.1) is 11.3 Å². The summed E-state index contributed by atoms with van der Waals surface area (Å²) in [5.41, 5.74) is 4.37. The van der Waals surface area contributed by atoms with Crippen LogP contribution < -0.4 is 0 Å². The van der Waals surface area contributed by atoms with Gasteiger partial charge < -0.3 is 0 Å². The number of nitroso groups, excluding NO2 is 1. The highest BCUT2D eigenvalue weighted by molar-refractivity contribution is 7.10. The van der Waals surface area contributed by atoms with Crippen molar-refractivity contribution < 1.29 is 0 Å². The van der Waals surface area contributed by atoms with Gasteiger partial charge in [0.2, 0.25) is 0 Å². The lowest BCUT2D eigenvalue weighted by Crippen LogP contribution is -1.96. The summed E-state index contributed by atoms with van der Waals surface area (Å²) in [4.78, 5) is 12.1. The number of nitrogens with zero attached hydrogens (tertiary/aromatic N) is 1. The molecular weight excluding hydrogens is 230 g/mol. The zero-order valence-electron chi connectivity index (χ0n) is 9.22. The Bertz CT molecular complexity index is 600. The van der Waals surface area contributed by atoms with Crippen LogP contribution in [0.4, 0.5) is 0 Å². The molecule has 1 atom stereocenters. The van der Waals surface area contributed by atoms with E-state index >= 15 is 0 Å². The standard InChI is InChI=1S/C14H11NOS/c1-9-11-5-3-2-4-10(11)8-13(15-16)14-12(9)6-7-17-14/h2-7,13H,1,8H2. The Morgan fingerprint density at radius 3 is 2.88 bits per heavy atom. The van der Waals surface area contributed by atoms with E-state index in [0.29, 0.717) is 6.42 Å². The van der Waals surface area contributed by atoms with Crippen LogP contribution in [0.5, 0.6) is 0 Å². The van der Waals surface area contributed by atoms with Crippen LogP contribution in [0, 0.1) is 4.91 Å². The second kappa shape index (κ2) is 3.93. The van der Waals surface area contributed by atoms with Crippen molar-refractivity contribution in [2.24, 2.45) is 5.18 Å². The van der Waals surface area contributed by atoms with Crippen molar-refractivity contribution >= 4 is 16.9 Å². The van der Waals surface area contributed by atoms with Gasteiger partial charge in [-0.05, 0) is 33.7 Å². The largest absolute Gasteiger partial charge is 0.150 e. The summed E-state index contributed by atoms with van der Waals surface area (Å²) in [6.07, 6.45) is 0.673. The van der Waals surface area contributed by atoms with Gasteiger partial charge in [0.05, 0.1) is 0 Å². The molecule has 3 rings (SSSR count). The molecule has 2 aromatic rings. The first kappa shape index (κ1) is 10.4. The van der Waals surface area contributed by atoms with Crippen LogP contribution in [0.1, 0.15) is 27.6 Å². The molecule has 0 saturated carbocycles. The maximum Gasteiger partial charge on any atom is 0.131 e. The van der Waals surface area contributed by atoms with E-state index in [1.807, 2.05) is 23.6 Å². The fourth-order valence-corrected chi connectivity index (χ4v) is 3.30. The molecule has 1 aromatic carbocycles. The third-order valence-electron chi connectivity index (χ3n) is 3.21. The summed E-state index contributed by atoms with van der Waals surface area (Å²) in [5.74, 6) is 0.